The number of aromatic nitrogens is 2. The second kappa shape index (κ2) is 14.1. The lowest BCUT2D eigenvalue weighted by molar-refractivity contribution is 0.216. The first-order chi connectivity index (χ1) is 22.6. The second-order valence-electron chi connectivity index (χ2n) is 11.9. The number of nitrogens with one attached hydrogen (secondary N) is 2. The Labute approximate surface area is 269 Å². The lowest BCUT2D eigenvalue weighted by Crippen LogP contribution is -2.35. The Morgan fingerprint density at radius 1 is 0.804 bits per heavy atom. The van der Waals surface area contributed by atoms with Crippen LogP contribution in [0.4, 0.5) is 16.2 Å². The molecule has 4 unspecified atom stereocenters. The number of aliphatic imine (C=N–C) groups is 1. The van der Waals surface area contributed by atoms with Gasteiger partial charge in [0.1, 0.15) is 11.4 Å². The van der Waals surface area contributed by atoms with Gasteiger partial charge < -0.3 is 15.5 Å². The molecule has 2 aliphatic heterocycles. The number of hydrogen-bond acceptors (Lipinski definition) is 6. The number of carbonyl (C=O) groups is 1. The van der Waals surface area contributed by atoms with Crippen LogP contribution in [0.5, 0.6) is 0 Å². The molecule has 8 nitrogen and oxygen atoms in total. The molecule has 228 valence electrons. The molecule has 46 heavy (non-hydrogen) atoms. The van der Waals surface area contributed by atoms with Crippen LogP contribution < -0.4 is 10.6 Å². The molecule has 8 rings (SSSR count). The third kappa shape index (κ3) is 7.75. The summed E-state index contributed by atoms with van der Waals surface area (Å²) in [6, 6.07) is 30.1. The van der Waals surface area contributed by atoms with E-state index in [1.54, 1.807) is 24.5 Å². The number of pyridine rings is 2. The van der Waals surface area contributed by atoms with Crippen LogP contribution in [0, 0.1) is 46.3 Å². The van der Waals surface area contributed by atoms with Crippen LogP contribution in [0.2, 0.25) is 0 Å². The first-order valence-electron chi connectivity index (χ1n) is 15.4. The van der Waals surface area contributed by atoms with Crippen molar-refractivity contribution in [1.29, 1.82) is 0 Å². The Morgan fingerprint density at radius 2 is 1.41 bits per heavy atom. The predicted molar refractivity (Wildman–Crippen MR) is 177 cm³/mol. The first kappa shape index (κ1) is 30.5. The summed E-state index contributed by atoms with van der Waals surface area (Å²) in [5.74, 6) is 14.4. The van der Waals surface area contributed by atoms with Crippen molar-refractivity contribution in [1.82, 2.24) is 20.2 Å². The van der Waals surface area contributed by atoms with Crippen LogP contribution in [-0.4, -0.2) is 53.2 Å². The Bertz CT molecular complexity index is 1810. The highest BCUT2D eigenvalue weighted by Gasteiger charge is 2.60. The van der Waals surface area contributed by atoms with Crippen LogP contribution in [0.1, 0.15) is 24.2 Å². The van der Waals surface area contributed by atoms with Crippen molar-refractivity contribution >= 4 is 23.5 Å². The molecule has 8 heteroatoms. The van der Waals surface area contributed by atoms with E-state index < -0.39 is 0 Å². The van der Waals surface area contributed by atoms with Gasteiger partial charge in [0.25, 0.3) is 0 Å². The van der Waals surface area contributed by atoms with Gasteiger partial charge in [0, 0.05) is 43.1 Å². The highest BCUT2D eigenvalue weighted by atomic mass is 16.2. The van der Waals surface area contributed by atoms with Gasteiger partial charge in [-0.1, -0.05) is 60.4 Å². The lowest BCUT2D eigenvalue weighted by Gasteiger charge is -2.19. The van der Waals surface area contributed by atoms with Crippen LogP contribution >= 0.6 is 0 Å². The third-order valence-electron chi connectivity index (χ3n) is 8.66. The Morgan fingerprint density at radius 3 is 1.98 bits per heavy atom. The maximum Gasteiger partial charge on any atom is 0.321 e. The van der Waals surface area contributed by atoms with Gasteiger partial charge in [-0.2, -0.15) is 4.99 Å². The van der Waals surface area contributed by atoms with Gasteiger partial charge in [-0.3, -0.25) is 0 Å². The standard InChI is InChI=1S/C19H17N3O.C12H12N2.C7H5NO/c23-18(21-17-7-2-1-3-8-17)22-13-15-12-19(15,14-22)10-9-16-6-4-5-11-20-16;1-2-6-14-11(3-1)4-5-12-7-10(12)8-13-9-12;9-6-8-7-4-2-1-3-5-7/h1-8,11,15H,12-14H2,(H,21,23);1-3,6,10,13H,7-9H2;1-5H. The van der Waals surface area contributed by atoms with Crippen LogP contribution in [0.25, 0.3) is 0 Å². The topological polar surface area (TPSA) is 99.6 Å². The molecule has 2 aromatic heterocycles. The summed E-state index contributed by atoms with van der Waals surface area (Å²) < 4.78 is 0. The number of hydrogen-bond donors (Lipinski definition) is 2. The van der Waals surface area contributed by atoms with E-state index in [0.717, 1.165) is 49.0 Å². The van der Waals surface area contributed by atoms with E-state index in [1.807, 2.05) is 89.8 Å². The number of nitrogens with zero attached hydrogens (tertiary/aromatic N) is 4. The number of benzene rings is 2. The molecule has 0 bridgehead atoms. The Balaban J connectivity index is 0.000000137. The smallest absolute Gasteiger partial charge is 0.321 e. The summed E-state index contributed by atoms with van der Waals surface area (Å²) in [5.41, 5.74) is 3.43. The Kier molecular flexibility index (Phi) is 9.32. The minimum absolute atomic E-state index is 0.0223. The number of fused-ring (bicyclic) bond motifs is 2. The van der Waals surface area contributed by atoms with Gasteiger partial charge >= 0.3 is 6.03 Å². The van der Waals surface area contributed by atoms with Gasteiger partial charge in [0.2, 0.25) is 6.08 Å². The molecular formula is C38H34N6O2. The fourth-order valence-electron chi connectivity index (χ4n) is 5.89. The number of amides is 2. The monoisotopic (exact) mass is 606 g/mol. The SMILES string of the molecule is C(#CC12CNCC1C2)c1ccccn1.O=C(Nc1ccccc1)N1CC2CC2(C#Cc2ccccn2)C1.O=C=Nc1ccccc1. The largest absolute Gasteiger partial charge is 0.323 e. The minimum Gasteiger partial charge on any atom is -0.323 e. The molecule has 2 amide bonds. The minimum atomic E-state index is -0.0394. The van der Waals surface area contributed by atoms with E-state index in [-0.39, 0.29) is 11.4 Å². The van der Waals surface area contributed by atoms with Crippen molar-refractivity contribution in [3.8, 4) is 23.7 Å². The summed E-state index contributed by atoms with van der Waals surface area (Å²) in [5, 5.41) is 6.32. The maximum atomic E-state index is 12.4. The molecule has 2 aliphatic carbocycles. The van der Waals surface area contributed by atoms with E-state index in [4.69, 9.17) is 0 Å². The number of isocyanates is 1. The Hall–Kier alpha value is -5.53. The second-order valence-corrected chi connectivity index (χ2v) is 11.9. The molecule has 0 radical (unpaired) electrons. The van der Waals surface area contributed by atoms with Crippen LogP contribution in [0.15, 0.2) is 114 Å². The molecule has 2 saturated heterocycles. The number of piperidine rings is 2. The van der Waals surface area contributed by atoms with Gasteiger partial charge in [-0.05, 0) is 91.6 Å². The molecule has 4 aromatic rings. The third-order valence-corrected chi connectivity index (χ3v) is 8.66. The summed E-state index contributed by atoms with van der Waals surface area (Å²) in [6.45, 7) is 3.71. The van der Waals surface area contributed by atoms with Gasteiger partial charge in [-0.15, -0.1) is 0 Å². The number of carbonyl (C=O) groups excluding carboxylic acids is 2. The summed E-state index contributed by atoms with van der Waals surface area (Å²) >= 11 is 0. The average Bonchev–Trinajstić information content (AvgIpc) is 3.89. The summed E-state index contributed by atoms with van der Waals surface area (Å²) in [4.78, 5) is 35.7. The molecule has 2 saturated carbocycles. The number of likely N-dealkylation sites (tertiary alicyclic amines) is 1. The van der Waals surface area contributed by atoms with E-state index >= 15 is 0 Å². The normalized spacial score (nSPS) is 23.8. The number of rotatable bonds is 2. The first-order valence-corrected chi connectivity index (χ1v) is 15.4. The number of urea groups is 1. The van der Waals surface area contributed by atoms with E-state index in [0.29, 0.717) is 23.6 Å². The van der Waals surface area contributed by atoms with Crippen LogP contribution in [0.3, 0.4) is 0 Å². The highest BCUT2D eigenvalue weighted by molar-refractivity contribution is 5.89. The molecule has 4 atom stereocenters. The fourth-order valence-corrected chi connectivity index (χ4v) is 5.89. The van der Waals surface area contributed by atoms with Gasteiger partial charge in [0.15, 0.2) is 0 Å². The molecule has 2 aromatic carbocycles. The average molecular weight is 607 g/mol. The molecule has 2 N–H and O–H groups in total. The predicted octanol–water partition coefficient (Wildman–Crippen LogP) is 5.68. The summed E-state index contributed by atoms with van der Waals surface area (Å²) in [7, 11) is 0. The van der Waals surface area contributed by atoms with E-state index in [1.165, 1.54) is 12.5 Å². The van der Waals surface area contributed by atoms with E-state index in [9.17, 15) is 9.59 Å². The molecule has 0 spiro atoms. The lowest BCUT2D eigenvalue weighted by atomic mass is 10.1. The zero-order valence-corrected chi connectivity index (χ0v) is 25.4. The fraction of sp³-hybridized carbons (Fsp3) is 0.263. The molecular weight excluding hydrogens is 572 g/mol. The zero-order valence-electron chi connectivity index (χ0n) is 25.4. The quantitative estimate of drug-likeness (QED) is 0.174. The summed E-state index contributed by atoms with van der Waals surface area (Å²) in [6.07, 6.45) is 7.36. The molecule has 4 aliphatic rings. The van der Waals surface area contributed by atoms with Gasteiger partial charge in [0.05, 0.1) is 11.1 Å². The van der Waals surface area contributed by atoms with Crippen molar-refractivity contribution in [2.75, 3.05) is 31.5 Å². The zero-order chi connectivity index (χ0) is 31.7. The number of anilines is 1. The molecule has 4 fully saturated rings. The van der Waals surface area contributed by atoms with Gasteiger partial charge in [-0.25, -0.2) is 19.6 Å². The van der Waals surface area contributed by atoms with Crippen molar-refractivity contribution in [3.63, 3.8) is 0 Å². The molecule has 4 heterocycles. The van der Waals surface area contributed by atoms with Crippen LogP contribution in [-0.2, 0) is 4.79 Å². The van der Waals surface area contributed by atoms with Crippen molar-refractivity contribution < 1.29 is 9.59 Å². The van der Waals surface area contributed by atoms with E-state index in [2.05, 4.69) is 49.3 Å². The van der Waals surface area contributed by atoms with Crippen molar-refractivity contribution in [3.05, 3.63) is 121 Å². The maximum absolute atomic E-state index is 12.4. The highest BCUT2D eigenvalue weighted by Crippen LogP contribution is 2.57. The van der Waals surface area contributed by atoms with Crippen molar-refractivity contribution in [2.45, 2.75) is 12.8 Å². The number of para-hydroxylation sites is 2. The van der Waals surface area contributed by atoms with Crippen molar-refractivity contribution in [2.24, 2.45) is 27.7 Å².